The van der Waals surface area contributed by atoms with E-state index >= 15 is 0 Å². The molecule has 0 unspecified atom stereocenters. The summed E-state index contributed by atoms with van der Waals surface area (Å²) in [6.45, 7) is 0. The molecular formula is C19H19N3O3S. The molecule has 2 N–H and O–H groups in total. The van der Waals surface area contributed by atoms with Gasteiger partial charge in [0.05, 0.1) is 32.0 Å². The molecule has 0 aliphatic heterocycles. The number of nitrogens with one attached hydrogen (secondary N) is 2. The maximum Gasteiger partial charge on any atom is 0.230 e. The van der Waals surface area contributed by atoms with E-state index < -0.39 is 0 Å². The molecule has 0 fully saturated rings. The fourth-order valence-electron chi connectivity index (χ4n) is 2.36. The highest BCUT2D eigenvalue weighted by Crippen LogP contribution is 2.29. The highest BCUT2D eigenvalue weighted by atomic mass is 32.1. The second-order valence-electron chi connectivity index (χ2n) is 5.43. The van der Waals surface area contributed by atoms with Gasteiger partial charge in [-0.25, -0.2) is 4.98 Å². The number of para-hydroxylation sites is 1. The Bertz CT molecular complexity index is 881. The van der Waals surface area contributed by atoms with Crippen molar-refractivity contribution >= 4 is 33.8 Å². The van der Waals surface area contributed by atoms with E-state index in [1.807, 2.05) is 35.7 Å². The van der Waals surface area contributed by atoms with Crippen LogP contribution in [0, 0.1) is 0 Å². The normalized spacial score (nSPS) is 10.2. The summed E-state index contributed by atoms with van der Waals surface area (Å²) in [4.78, 5) is 16.8. The topological polar surface area (TPSA) is 72.5 Å². The molecule has 3 rings (SSSR count). The number of carbonyl (C=O) groups excluding carboxylic acids is 1. The number of nitrogens with zero attached hydrogens (tertiary/aromatic N) is 1. The number of hydrogen-bond donors (Lipinski definition) is 2. The molecule has 3 aromatic rings. The standard InChI is InChI=1S/C19H19N3O3S/c1-24-15-8-9-17(25-2)16(11-15)22-18(23)10-14-12-26-19(21-14)20-13-6-4-3-5-7-13/h3-9,11-12H,10H2,1-2H3,(H,20,21)(H,22,23). The highest BCUT2D eigenvalue weighted by molar-refractivity contribution is 7.13. The number of aromatic nitrogens is 1. The van der Waals surface area contributed by atoms with Crippen molar-refractivity contribution in [2.24, 2.45) is 0 Å². The third-order valence-corrected chi connectivity index (χ3v) is 4.41. The fourth-order valence-corrected chi connectivity index (χ4v) is 3.09. The van der Waals surface area contributed by atoms with Crippen molar-refractivity contribution < 1.29 is 14.3 Å². The van der Waals surface area contributed by atoms with Gasteiger partial charge in [-0.1, -0.05) is 18.2 Å². The lowest BCUT2D eigenvalue weighted by atomic mass is 10.2. The van der Waals surface area contributed by atoms with Crippen molar-refractivity contribution in [3.8, 4) is 11.5 Å². The SMILES string of the molecule is COc1ccc(OC)c(NC(=O)Cc2csc(Nc3ccccc3)n2)c1. The van der Waals surface area contributed by atoms with Crippen molar-refractivity contribution in [2.75, 3.05) is 24.9 Å². The van der Waals surface area contributed by atoms with Crippen LogP contribution in [0.15, 0.2) is 53.9 Å². The maximum absolute atomic E-state index is 12.4. The van der Waals surface area contributed by atoms with E-state index in [1.54, 1.807) is 32.4 Å². The van der Waals surface area contributed by atoms with Gasteiger partial charge in [-0.05, 0) is 24.3 Å². The predicted octanol–water partition coefficient (Wildman–Crippen LogP) is 4.09. The molecule has 134 valence electrons. The summed E-state index contributed by atoms with van der Waals surface area (Å²) in [5, 5.41) is 8.68. The Kier molecular flexibility index (Phi) is 5.70. The van der Waals surface area contributed by atoms with Gasteiger partial charge in [0.2, 0.25) is 5.91 Å². The van der Waals surface area contributed by atoms with Gasteiger partial charge in [-0.2, -0.15) is 0 Å². The van der Waals surface area contributed by atoms with E-state index in [0.717, 1.165) is 10.8 Å². The summed E-state index contributed by atoms with van der Waals surface area (Å²) in [5.41, 5.74) is 2.22. The van der Waals surface area contributed by atoms with Crippen molar-refractivity contribution in [1.82, 2.24) is 4.98 Å². The Hall–Kier alpha value is -3.06. The molecule has 0 spiro atoms. The molecule has 0 aliphatic carbocycles. The fraction of sp³-hybridized carbons (Fsp3) is 0.158. The van der Waals surface area contributed by atoms with E-state index in [2.05, 4.69) is 15.6 Å². The number of ether oxygens (including phenoxy) is 2. The Labute approximate surface area is 155 Å². The predicted molar refractivity (Wildman–Crippen MR) is 104 cm³/mol. The van der Waals surface area contributed by atoms with Crippen LogP contribution in [0.5, 0.6) is 11.5 Å². The van der Waals surface area contributed by atoms with Crippen LogP contribution in [0.2, 0.25) is 0 Å². The highest BCUT2D eigenvalue weighted by Gasteiger charge is 2.12. The number of methoxy groups -OCH3 is 2. The van der Waals surface area contributed by atoms with Crippen LogP contribution in [-0.4, -0.2) is 25.1 Å². The molecule has 7 heteroatoms. The molecule has 1 aromatic heterocycles. The van der Waals surface area contributed by atoms with Crippen LogP contribution >= 0.6 is 11.3 Å². The zero-order valence-corrected chi connectivity index (χ0v) is 15.3. The van der Waals surface area contributed by atoms with Crippen LogP contribution in [0.3, 0.4) is 0 Å². The van der Waals surface area contributed by atoms with E-state index in [0.29, 0.717) is 22.9 Å². The second-order valence-corrected chi connectivity index (χ2v) is 6.28. The first-order chi connectivity index (χ1) is 12.7. The largest absolute Gasteiger partial charge is 0.497 e. The number of anilines is 3. The second kappa shape index (κ2) is 8.35. The van der Waals surface area contributed by atoms with Gasteiger partial charge in [-0.15, -0.1) is 11.3 Å². The third kappa shape index (κ3) is 4.52. The number of rotatable bonds is 7. The average molecular weight is 369 g/mol. The first-order valence-corrected chi connectivity index (χ1v) is 8.84. The van der Waals surface area contributed by atoms with Gasteiger partial charge in [0.25, 0.3) is 0 Å². The van der Waals surface area contributed by atoms with Crippen LogP contribution < -0.4 is 20.1 Å². The molecule has 0 radical (unpaired) electrons. The number of hydrogen-bond acceptors (Lipinski definition) is 6. The summed E-state index contributed by atoms with van der Waals surface area (Å²) in [7, 11) is 3.13. The Morgan fingerprint density at radius 3 is 2.65 bits per heavy atom. The lowest BCUT2D eigenvalue weighted by Gasteiger charge is -2.11. The van der Waals surface area contributed by atoms with Crippen LogP contribution in [0.25, 0.3) is 0 Å². The lowest BCUT2D eigenvalue weighted by molar-refractivity contribution is -0.115. The number of thiazole rings is 1. The van der Waals surface area contributed by atoms with E-state index in [-0.39, 0.29) is 12.3 Å². The molecule has 2 aromatic carbocycles. The van der Waals surface area contributed by atoms with Gasteiger partial charge in [-0.3, -0.25) is 4.79 Å². The molecule has 0 saturated carbocycles. The minimum atomic E-state index is -0.173. The van der Waals surface area contributed by atoms with E-state index in [9.17, 15) is 4.79 Å². The zero-order valence-electron chi connectivity index (χ0n) is 14.5. The number of carbonyl (C=O) groups is 1. The summed E-state index contributed by atoms with van der Waals surface area (Å²) >= 11 is 1.46. The Morgan fingerprint density at radius 1 is 1.12 bits per heavy atom. The summed E-state index contributed by atoms with van der Waals surface area (Å²) in [6.07, 6.45) is 0.174. The zero-order chi connectivity index (χ0) is 18.4. The van der Waals surface area contributed by atoms with Crippen molar-refractivity contribution in [2.45, 2.75) is 6.42 Å². The third-order valence-electron chi connectivity index (χ3n) is 3.60. The molecule has 6 nitrogen and oxygen atoms in total. The molecule has 1 amide bonds. The van der Waals surface area contributed by atoms with Crippen LogP contribution in [0.4, 0.5) is 16.5 Å². The maximum atomic E-state index is 12.4. The molecule has 1 heterocycles. The van der Waals surface area contributed by atoms with Crippen molar-refractivity contribution in [3.05, 3.63) is 59.6 Å². The summed E-state index contributed by atoms with van der Waals surface area (Å²) in [5.74, 6) is 1.04. The van der Waals surface area contributed by atoms with Crippen LogP contribution in [-0.2, 0) is 11.2 Å². The number of benzene rings is 2. The molecule has 0 bridgehead atoms. The smallest absolute Gasteiger partial charge is 0.230 e. The monoisotopic (exact) mass is 369 g/mol. The molecule has 0 atom stereocenters. The molecule has 0 aliphatic rings. The van der Waals surface area contributed by atoms with Crippen molar-refractivity contribution in [1.29, 1.82) is 0 Å². The summed E-state index contributed by atoms with van der Waals surface area (Å²) in [6, 6.07) is 15.0. The first-order valence-electron chi connectivity index (χ1n) is 7.96. The Balaban J connectivity index is 1.64. The molecular weight excluding hydrogens is 350 g/mol. The minimum Gasteiger partial charge on any atom is -0.497 e. The summed E-state index contributed by atoms with van der Waals surface area (Å²) < 4.78 is 10.5. The van der Waals surface area contributed by atoms with Gasteiger partial charge in [0.15, 0.2) is 5.13 Å². The quantitative estimate of drug-likeness (QED) is 0.656. The van der Waals surface area contributed by atoms with Gasteiger partial charge >= 0.3 is 0 Å². The number of amides is 1. The van der Waals surface area contributed by atoms with E-state index in [1.165, 1.54) is 11.3 Å². The molecule has 26 heavy (non-hydrogen) atoms. The van der Waals surface area contributed by atoms with Gasteiger partial charge < -0.3 is 20.1 Å². The minimum absolute atomic E-state index is 0.173. The van der Waals surface area contributed by atoms with E-state index in [4.69, 9.17) is 9.47 Å². The van der Waals surface area contributed by atoms with Crippen molar-refractivity contribution in [3.63, 3.8) is 0 Å². The first kappa shape index (κ1) is 17.8. The average Bonchev–Trinajstić information content (AvgIpc) is 3.09. The van der Waals surface area contributed by atoms with Gasteiger partial charge in [0.1, 0.15) is 11.5 Å². The molecule has 0 saturated heterocycles. The van der Waals surface area contributed by atoms with Crippen LogP contribution in [0.1, 0.15) is 5.69 Å². The van der Waals surface area contributed by atoms with Gasteiger partial charge in [0, 0.05) is 17.1 Å². The lowest BCUT2D eigenvalue weighted by Crippen LogP contribution is -2.15. The Morgan fingerprint density at radius 2 is 1.92 bits per heavy atom.